The molecule has 1 saturated heterocycles. The van der Waals surface area contributed by atoms with Gasteiger partial charge in [-0.15, -0.1) is 0 Å². The maximum Gasteiger partial charge on any atom is 0.246 e. The summed E-state index contributed by atoms with van der Waals surface area (Å²) in [5.41, 5.74) is 1.68. The number of ether oxygens (including phenoxy) is 2. The molecule has 2 heterocycles. The zero-order valence-electron chi connectivity index (χ0n) is 16.0. The summed E-state index contributed by atoms with van der Waals surface area (Å²) in [6, 6.07) is 14.6. The molecule has 1 atom stereocenters. The molecule has 7 nitrogen and oxygen atoms in total. The van der Waals surface area contributed by atoms with Crippen LogP contribution < -0.4 is 14.4 Å². The molecule has 0 saturated carbocycles. The number of hydrogen-bond donors (Lipinski definition) is 0. The molecule has 7 heteroatoms. The fraction of sp³-hybridized carbons (Fsp3) is 0.333. The number of nitrogens with zero attached hydrogens (tertiary/aromatic N) is 3. The van der Waals surface area contributed by atoms with Crippen LogP contribution in [0.25, 0.3) is 0 Å². The Morgan fingerprint density at radius 3 is 2.50 bits per heavy atom. The van der Waals surface area contributed by atoms with Gasteiger partial charge in [-0.05, 0) is 43.9 Å². The Morgan fingerprint density at radius 2 is 1.79 bits per heavy atom. The summed E-state index contributed by atoms with van der Waals surface area (Å²) in [7, 11) is 3.71. The van der Waals surface area contributed by atoms with Crippen LogP contribution in [0.15, 0.2) is 48.5 Å². The summed E-state index contributed by atoms with van der Waals surface area (Å²) < 4.78 is 10.8. The first-order valence-corrected chi connectivity index (χ1v) is 9.25. The topological polar surface area (TPSA) is 62.3 Å². The summed E-state index contributed by atoms with van der Waals surface area (Å²) >= 11 is 0. The van der Waals surface area contributed by atoms with Crippen LogP contribution in [0.2, 0.25) is 0 Å². The molecule has 1 fully saturated rings. The van der Waals surface area contributed by atoms with Gasteiger partial charge in [0.2, 0.25) is 18.6 Å². The maximum atomic E-state index is 13.3. The van der Waals surface area contributed by atoms with Crippen LogP contribution in [0.4, 0.5) is 5.69 Å². The van der Waals surface area contributed by atoms with E-state index >= 15 is 0 Å². The van der Waals surface area contributed by atoms with E-state index in [4.69, 9.17) is 9.47 Å². The lowest BCUT2D eigenvalue weighted by Gasteiger charge is -2.37. The average Bonchev–Trinajstić information content (AvgIpc) is 3.16. The van der Waals surface area contributed by atoms with E-state index in [9.17, 15) is 9.59 Å². The Labute approximate surface area is 164 Å². The van der Waals surface area contributed by atoms with E-state index in [0.717, 1.165) is 11.3 Å². The molecular formula is C21H23N3O4. The number of para-hydroxylation sites is 1. The van der Waals surface area contributed by atoms with E-state index in [1.165, 1.54) is 0 Å². The van der Waals surface area contributed by atoms with Gasteiger partial charge in [0.15, 0.2) is 11.5 Å². The molecule has 0 spiro atoms. The van der Waals surface area contributed by atoms with E-state index in [1.807, 2.05) is 67.5 Å². The number of piperazine rings is 1. The number of carbonyl (C=O) groups is 2. The molecule has 0 unspecified atom stereocenters. The minimum atomic E-state index is -0.495. The fourth-order valence-electron chi connectivity index (χ4n) is 3.66. The quantitative estimate of drug-likeness (QED) is 0.810. The van der Waals surface area contributed by atoms with Crippen molar-refractivity contribution >= 4 is 17.5 Å². The van der Waals surface area contributed by atoms with Crippen LogP contribution in [-0.4, -0.2) is 62.1 Å². The van der Waals surface area contributed by atoms with Crippen molar-refractivity contribution in [2.75, 3.05) is 45.4 Å². The number of carbonyl (C=O) groups excluding carboxylic acids is 2. The summed E-state index contributed by atoms with van der Waals surface area (Å²) in [5, 5.41) is 0. The third-order valence-electron chi connectivity index (χ3n) is 5.06. The molecular weight excluding hydrogens is 358 g/mol. The average molecular weight is 381 g/mol. The molecule has 2 aliphatic heterocycles. The standard InChI is InChI=1S/C21H23N3O4/c1-22(2)20(15-8-9-17-18(12-15)28-14-27-17)21(26)23-10-11-24(19(25)13-23)16-6-4-3-5-7-16/h3-9,12,20H,10-11,13-14H2,1-2H3/t20-/m1/s1. The number of anilines is 1. The van der Waals surface area contributed by atoms with Crippen molar-refractivity contribution in [3.05, 3.63) is 54.1 Å². The van der Waals surface area contributed by atoms with Crippen LogP contribution >= 0.6 is 0 Å². The van der Waals surface area contributed by atoms with Gasteiger partial charge in [0.1, 0.15) is 12.6 Å². The molecule has 0 aromatic heterocycles. The summed E-state index contributed by atoms with van der Waals surface area (Å²) in [4.78, 5) is 31.2. The third kappa shape index (κ3) is 3.41. The van der Waals surface area contributed by atoms with Crippen molar-refractivity contribution in [2.24, 2.45) is 0 Å². The van der Waals surface area contributed by atoms with Gasteiger partial charge in [0, 0.05) is 18.8 Å². The largest absolute Gasteiger partial charge is 0.454 e. The zero-order valence-corrected chi connectivity index (χ0v) is 16.0. The lowest BCUT2D eigenvalue weighted by atomic mass is 10.0. The van der Waals surface area contributed by atoms with E-state index < -0.39 is 6.04 Å². The highest BCUT2D eigenvalue weighted by Gasteiger charge is 2.34. The molecule has 146 valence electrons. The monoisotopic (exact) mass is 381 g/mol. The van der Waals surface area contributed by atoms with Crippen molar-refractivity contribution in [3.8, 4) is 11.5 Å². The highest BCUT2D eigenvalue weighted by atomic mass is 16.7. The first-order valence-electron chi connectivity index (χ1n) is 9.25. The molecule has 0 bridgehead atoms. The second kappa shape index (κ2) is 7.52. The van der Waals surface area contributed by atoms with Crippen molar-refractivity contribution in [1.82, 2.24) is 9.80 Å². The Hall–Kier alpha value is -3.06. The van der Waals surface area contributed by atoms with Gasteiger partial charge in [0.05, 0.1) is 0 Å². The molecule has 2 aromatic rings. The minimum absolute atomic E-state index is 0.0720. The van der Waals surface area contributed by atoms with Crippen LogP contribution in [0.3, 0.4) is 0 Å². The van der Waals surface area contributed by atoms with Crippen molar-refractivity contribution in [1.29, 1.82) is 0 Å². The van der Waals surface area contributed by atoms with E-state index in [0.29, 0.717) is 24.6 Å². The van der Waals surface area contributed by atoms with E-state index in [-0.39, 0.29) is 25.2 Å². The smallest absolute Gasteiger partial charge is 0.246 e. The van der Waals surface area contributed by atoms with Crippen LogP contribution in [0.5, 0.6) is 11.5 Å². The fourth-order valence-corrected chi connectivity index (χ4v) is 3.66. The first kappa shape index (κ1) is 18.3. The van der Waals surface area contributed by atoms with Crippen molar-refractivity contribution in [3.63, 3.8) is 0 Å². The van der Waals surface area contributed by atoms with E-state index in [1.54, 1.807) is 9.80 Å². The number of hydrogen-bond acceptors (Lipinski definition) is 5. The predicted molar refractivity (Wildman–Crippen MR) is 104 cm³/mol. The minimum Gasteiger partial charge on any atom is -0.454 e. The molecule has 0 aliphatic carbocycles. The Bertz CT molecular complexity index is 884. The van der Waals surface area contributed by atoms with Gasteiger partial charge in [-0.25, -0.2) is 0 Å². The van der Waals surface area contributed by atoms with Gasteiger partial charge in [-0.1, -0.05) is 24.3 Å². The highest BCUT2D eigenvalue weighted by Crippen LogP contribution is 2.35. The number of fused-ring (bicyclic) bond motifs is 1. The number of likely N-dealkylation sites (N-methyl/N-ethyl adjacent to an activating group) is 1. The lowest BCUT2D eigenvalue weighted by Crippen LogP contribution is -2.54. The van der Waals surface area contributed by atoms with Crippen LogP contribution in [0.1, 0.15) is 11.6 Å². The SMILES string of the molecule is CN(C)[C@@H](C(=O)N1CCN(c2ccccc2)C(=O)C1)c1ccc2c(c1)OCO2. The van der Waals surface area contributed by atoms with Gasteiger partial charge >= 0.3 is 0 Å². The summed E-state index contributed by atoms with van der Waals surface area (Å²) in [6.45, 7) is 1.24. The summed E-state index contributed by atoms with van der Waals surface area (Å²) in [6.07, 6.45) is 0. The second-order valence-electron chi connectivity index (χ2n) is 7.12. The number of rotatable bonds is 4. The van der Waals surface area contributed by atoms with Crippen LogP contribution in [0, 0.1) is 0 Å². The highest BCUT2D eigenvalue weighted by molar-refractivity contribution is 5.98. The Balaban J connectivity index is 1.52. The van der Waals surface area contributed by atoms with Gasteiger partial charge in [-0.2, -0.15) is 0 Å². The lowest BCUT2D eigenvalue weighted by molar-refractivity contribution is -0.141. The maximum absolute atomic E-state index is 13.3. The molecule has 2 amide bonds. The van der Waals surface area contributed by atoms with E-state index in [2.05, 4.69) is 0 Å². The summed E-state index contributed by atoms with van der Waals surface area (Å²) in [5.74, 6) is 1.15. The molecule has 0 N–H and O–H groups in total. The number of amides is 2. The van der Waals surface area contributed by atoms with Gasteiger partial charge < -0.3 is 19.3 Å². The van der Waals surface area contributed by atoms with Gasteiger partial charge in [0.25, 0.3) is 0 Å². The molecule has 2 aromatic carbocycles. The first-order chi connectivity index (χ1) is 13.5. The zero-order chi connectivity index (χ0) is 19.7. The Kier molecular flexibility index (Phi) is 4.92. The van der Waals surface area contributed by atoms with Crippen molar-refractivity contribution in [2.45, 2.75) is 6.04 Å². The number of benzene rings is 2. The molecule has 2 aliphatic rings. The van der Waals surface area contributed by atoms with Gasteiger partial charge in [-0.3, -0.25) is 14.5 Å². The van der Waals surface area contributed by atoms with Crippen molar-refractivity contribution < 1.29 is 19.1 Å². The second-order valence-corrected chi connectivity index (χ2v) is 7.12. The van der Waals surface area contributed by atoms with Crippen LogP contribution in [-0.2, 0) is 9.59 Å². The predicted octanol–water partition coefficient (Wildman–Crippen LogP) is 1.89. The normalized spacial score (nSPS) is 17.2. The third-order valence-corrected chi connectivity index (χ3v) is 5.06. The molecule has 4 rings (SSSR count). The molecule has 28 heavy (non-hydrogen) atoms. The Morgan fingerprint density at radius 1 is 1.04 bits per heavy atom. The molecule has 0 radical (unpaired) electrons.